The number of anilines is 1. The summed E-state index contributed by atoms with van der Waals surface area (Å²) in [6, 6.07) is -0.588. The zero-order valence-electron chi connectivity index (χ0n) is 12.6. The molecule has 1 atom stereocenters. The van der Waals surface area contributed by atoms with Gasteiger partial charge in [-0.15, -0.1) is 0 Å². The molecule has 22 heavy (non-hydrogen) atoms. The van der Waals surface area contributed by atoms with E-state index >= 15 is 0 Å². The van der Waals surface area contributed by atoms with Crippen molar-refractivity contribution < 1.29 is 14.3 Å². The van der Waals surface area contributed by atoms with Crippen molar-refractivity contribution in [1.82, 2.24) is 20.1 Å². The van der Waals surface area contributed by atoms with E-state index in [1.165, 1.54) is 18.4 Å². The zero-order valence-corrected chi connectivity index (χ0v) is 13.4. The van der Waals surface area contributed by atoms with Gasteiger partial charge < -0.3 is 15.0 Å². The fraction of sp³-hybridized carbons (Fsp3) is 0.538. The first kappa shape index (κ1) is 14.8. The molecule has 1 fully saturated rings. The van der Waals surface area contributed by atoms with Gasteiger partial charge in [-0.25, -0.2) is 9.67 Å². The molecular formula is C13H17N5O3S. The number of amides is 1. The van der Waals surface area contributed by atoms with Crippen LogP contribution in [-0.2, 0) is 21.4 Å². The average Bonchev–Trinajstić information content (AvgIpc) is 3.03. The summed E-state index contributed by atoms with van der Waals surface area (Å²) in [5.74, 6) is -0.586. The van der Waals surface area contributed by atoms with Crippen molar-refractivity contribution in [3.8, 4) is 0 Å². The maximum atomic E-state index is 12.1. The van der Waals surface area contributed by atoms with E-state index in [2.05, 4.69) is 15.4 Å². The average molecular weight is 323 g/mol. The number of piperazine rings is 1. The number of hydrogen-bond acceptors (Lipinski definition) is 7. The summed E-state index contributed by atoms with van der Waals surface area (Å²) in [4.78, 5) is 30.2. The number of rotatable bonds is 3. The maximum Gasteiger partial charge on any atom is 0.308 e. The summed E-state index contributed by atoms with van der Waals surface area (Å²) in [7, 11) is 3.16. The number of ether oxygens (including phenoxy) is 1. The van der Waals surface area contributed by atoms with Crippen molar-refractivity contribution in [2.45, 2.75) is 19.4 Å². The van der Waals surface area contributed by atoms with E-state index in [0.717, 1.165) is 21.2 Å². The van der Waals surface area contributed by atoms with E-state index in [4.69, 9.17) is 4.74 Å². The van der Waals surface area contributed by atoms with Crippen LogP contribution >= 0.6 is 11.3 Å². The van der Waals surface area contributed by atoms with Crippen molar-refractivity contribution in [3.63, 3.8) is 0 Å². The summed E-state index contributed by atoms with van der Waals surface area (Å²) in [6.45, 7) is 3.07. The Morgan fingerprint density at radius 2 is 2.32 bits per heavy atom. The molecule has 1 saturated heterocycles. The highest BCUT2D eigenvalue weighted by Gasteiger charge is 2.34. The number of thiazole rings is 1. The van der Waals surface area contributed by atoms with Gasteiger partial charge in [-0.05, 0) is 6.92 Å². The molecule has 2 aromatic rings. The number of nitrogens with zero attached hydrogens (tertiary/aromatic N) is 4. The molecule has 1 N–H and O–H groups in total. The third-order valence-corrected chi connectivity index (χ3v) is 4.89. The van der Waals surface area contributed by atoms with Crippen LogP contribution in [0.15, 0.2) is 0 Å². The first-order chi connectivity index (χ1) is 10.5. The van der Waals surface area contributed by atoms with Gasteiger partial charge in [-0.2, -0.15) is 5.10 Å². The van der Waals surface area contributed by atoms with E-state index < -0.39 is 12.0 Å². The number of carbonyl (C=O) groups excluding carboxylic acids is 2. The lowest BCUT2D eigenvalue weighted by molar-refractivity contribution is -0.143. The van der Waals surface area contributed by atoms with Crippen LogP contribution in [0.3, 0.4) is 0 Å². The van der Waals surface area contributed by atoms with Gasteiger partial charge in [0.1, 0.15) is 6.04 Å². The summed E-state index contributed by atoms with van der Waals surface area (Å²) in [5, 5.41) is 7.84. The van der Waals surface area contributed by atoms with Gasteiger partial charge in [-0.1, -0.05) is 11.3 Å². The minimum Gasteiger partial charge on any atom is -0.469 e. The quantitative estimate of drug-likeness (QED) is 0.812. The molecule has 1 unspecified atom stereocenters. The van der Waals surface area contributed by atoms with Crippen LogP contribution in [0.5, 0.6) is 0 Å². The first-order valence-corrected chi connectivity index (χ1v) is 7.74. The van der Waals surface area contributed by atoms with Crippen LogP contribution in [0, 0.1) is 6.92 Å². The highest BCUT2D eigenvalue weighted by atomic mass is 32.1. The third kappa shape index (κ3) is 2.41. The highest BCUT2D eigenvalue weighted by Crippen LogP contribution is 2.32. The minimum absolute atomic E-state index is 0.00942. The molecular weight excluding hydrogens is 306 g/mol. The SMILES string of the molecule is COC(=O)CC1C(=O)NCCN1c1nc2c(s1)c(C)nn2C. The maximum absolute atomic E-state index is 12.1. The van der Waals surface area contributed by atoms with Crippen molar-refractivity contribution in [1.29, 1.82) is 0 Å². The molecule has 0 spiro atoms. The number of aryl methyl sites for hydroxylation is 2. The fourth-order valence-corrected chi connectivity index (χ4v) is 3.69. The fourth-order valence-electron chi connectivity index (χ4n) is 2.58. The molecule has 1 aliphatic heterocycles. The molecule has 0 aromatic carbocycles. The van der Waals surface area contributed by atoms with Gasteiger partial charge in [0.25, 0.3) is 0 Å². The summed E-state index contributed by atoms with van der Waals surface area (Å²) in [5.41, 5.74) is 1.70. The Hall–Kier alpha value is -2.16. The molecule has 2 aromatic heterocycles. The second kappa shape index (κ2) is 5.56. The monoisotopic (exact) mass is 323 g/mol. The Morgan fingerprint density at radius 3 is 3.00 bits per heavy atom. The highest BCUT2D eigenvalue weighted by molar-refractivity contribution is 7.22. The van der Waals surface area contributed by atoms with Gasteiger partial charge in [0.2, 0.25) is 5.91 Å². The smallest absolute Gasteiger partial charge is 0.308 e. The van der Waals surface area contributed by atoms with E-state index in [0.29, 0.717) is 13.1 Å². The Labute approximate surface area is 131 Å². The molecule has 0 bridgehead atoms. The topological polar surface area (TPSA) is 89.3 Å². The zero-order chi connectivity index (χ0) is 15.9. The van der Waals surface area contributed by atoms with Crippen LogP contribution in [0.25, 0.3) is 10.3 Å². The van der Waals surface area contributed by atoms with Crippen molar-refractivity contribution in [2.75, 3.05) is 25.1 Å². The van der Waals surface area contributed by atoms with Crippen LogP contribution in [0.1, 0.15) is 12.1 Å². The predicted octanol–water partition coefficient (Wildman–Crippen LogP) is 0.206. The lowest BCUT2D eigenvalue weighted by atomic mass is 10.1. The van der Waals surface area contributed by atoms with E-state index in [9.17, 15) is 9.59 Å². The van der Waals surface area contributed by atoms with E-state index in [-0.39, 0.29) is 12.3 Å². The van der Waals surface area contributed by atoms with Crippen molar-refractivity contribution in [2.24, 2.45) is 7.05 Å². The predicted molar refractivity (Wildman–Crippen MR) is 81.9 cm³/mol. The van der Waals surface area contributed by atoms with Crippen molar-refractivity contribution >= 4 is 38.7 Å². The van der Waals surface area contributed by atoms with Crippen LogP contribution in [0.4, 0.5) is 5.13 Å². The normalized spacial score (nSPS) is 18.6. The molecule has 3 heterocycles. The summed E-state index contributed by atoms with van der Waals surface area (Å²) in [6.07, 6.45) is 0.00942. The summed E-state index contributed by atoms with van der Waals surface area (Å²) < 4.78 is 7.42. The minimum atomic E-state index is -0.588. The molecule has 3 rings (SSSR count). The largest absolute Gasteiger partial charge is 0.469 e. The van der Waals surface area contributed by atoms with Gasteiger partial charge >= 0.3 is 5.97 Å². The van der Waals surface area contributed by atoms with Crippen LogP contribution in [-0.4, -0.2) is 52.9 Å². The Bertz CT molecular complexity index is 703. The lowest BCUT2D eigenvalue weighted by Crippen LogP contribution is -2.56. The third-order valence-electron chi connectivity index (χ3n) is 3.70. The number of aromatic nitrogens is 3. The Kier molecular flexibility index (Phi) is 3.73. The molecule has 9 heteroatoms. The first-order valence-electron chi connectivity index (χ1n) is 6.92. The number of carbonyl (C=O) groups is 2. The molecule has 0 aliphatic carbocycles. The van der Waals surface area contributed by atoms with Crippen molar-refractivity contribution in [3.05, 3.63) is 5.69 Å². The second-order valence-corrected chi connectivity index (χ2v) is 6.12. The Morgan fingerprint density at radius 1 is 1.55 bits per heavy atom. The van der Waals surface area contributed by atoms with Gasteiger partial charge in [-0.3, -0.25) is 9.59 Å². The van der Waals surface area contributed by atoms with E-state index in [1.54, 1.807) is 4.68 Å². The number of hydrogen-bond donors (Lipinski definition) is 1. The van der Waals surface area contributed by atoms with Crippen LogP contribution < -0.4 is 10.2 Å². The molecule has 118 valence electrons. The molecule has 1 aliphatic rings. The van der Waals surface area contributed by atoms with Gasteiger partial charge in [0, 0.05) is 20.1 Å². The number of methoxy groups -OCH3 is 1. The number of fused-ring (bicyclic) bond motifs is 1. The number of nitrogens with one attached hydrogen (secondary N) is 1. The lowest BCUT2D eigenvalue weighted by Gasteiger charge is -2.34. The Balaban J connectivity index is 1.96. The van der Waals surface area contributed by atoms with Gasteiger partial charge in [0.15, 0.2) is 10.8 Å². The van der Waals surface area contributed by atoms with Gasteiger partial charge in [0.05, 0.1) is 23.9 Å². The number of esters is 1. The van der Waals surface area contributed by atoms with Crippen LogP contribution in [0.2, 0.25) is 0 Å². The molecule has 1 amide bonds. The molecule has 0 radical (unpaired) electrons. The molecule has 8 nitrogen and oxygen atoms in total. The second-order valence-electron chi connectivity index (χ2n) is 5.14. The standard InChI is InChI=1S/C13H17N5O3S/c1-7-10-11(17(2)16-7)15-13(22-10)18-5-4-14-12(20)8(18)6-9(19)21-3/h8H,4-6H2,1-3H3,(H,14,20). The molecule has 0 saturated carbocycles. The summed E-state index contributed by atoms with van der Waals surface area (Å²) >= 11 is 1.49. The van der Waals surface area contributed by atoms with E-state index in [1.807, 2.05) is 18.9 Å².